The van der Waals surface area contributed by atoms with E-state index in [4.69, 9.17) is 0 Å². The first-order chi connectivity index (χ1) is 7.86. The molecule has 0 aromatic carbocycles. The van der Waals surface area contributed by atoms with Gasteiger partial charge in [0.2, 0.25) is 0 Å². The molecular weight excluding hydrogens is 236 g/mol. The van der Waals surface area contributed by atoms with Gasteiger partial charge in [0.05, 0.1) is 0 Å². The second-order valence-electron chi connectivity index (χ2n) is 4.02. The molecule has 0 atom stereocenters. The first-order valence-corrected chi connectivity index (χ1v) is 7.24. The molecule has 16 heavy (non-hydrogen) atoms. The first-order valence-electron chi connectivity index (χ1n) is 5.48. The van der Waals surface area contributed by atoms with Crippen molar-refractivity contribution in [2.45, 2.75) is 25.7 Å². The zero-order valence-electron chi connectivity index (χ0n) is 8.86. The molecule has 1 fully saturated rings. The zero-order chi connectivity index (χ0) is 11.0. The largest absolute Gasteiger partial charge is 0.289 e. The lowest BCUT2D eigenvalue weighted by Gasteiger charge is -2.02. The number of hydrogen-bond acceptors (Lipinski definition) is 3. The van der Waals surface area contributed by atoms with Crippen molar-refractivity contribution >= 4 is 29.3 Å². The van der Waals surface area contributed by atoms with Crippen LogP contribution >= 0.6 is 23.5 Å². The maximum atomic E-state index is 12.3. The van der Waals surface area contributed by atoms with Crippen LogP contribution in [-0.2, 0) is 4.79 Å². The second kappa shape index (κ2) is 4.30. The fraction of sp³-hybridized carbons (Fsp3) is 0.308. The Labute approximate surface area is 104 Å². The van der Waals surface area contributed by atoms with Crippen LogP contribution in [0, 0.1) is 0 Å². The molecule has 1 aliphatic carbocycles. The number of hydrogen-bond donors (Lipinski definition) is 0. The molecule has 0 aromatic heterocycles. The van der Waals surface area contributed by atoms with Crippen LogP contribution in [0.25, 0.3) is 0 Å². The van der Waals surface area contributed by atoms with Crippen molar-refractivity contribution in [3.63, 3.8) is 0 Å². The molecule has 3 heteroatoms. The third kappa shape index (κ3) is 1.72. The summed E-state index contributed by atoms with van der Waals surface area (Å²) in [5.41, 5.74) is 2.15. The summed E-state index contributed by atoms with van der Waals surface area (Å²) in [4.78, 5) is 14.8. The van der Waals surface area contributed by atoms with Crippen molar-refractivity contribution in [3.8, 4) is 0 Å². The number of allylic oxidation sites excluding steroid dienone is 6. The normalized spacial score (nSPS) is 33.4. The average Bonchev–Trinajstić information content (AvgIpc) is 2.96. The van der Waals surface area contributed by atoms with Crippen molar-refractivity contribution in [1.82, 2.24) is 0 Å². The number of Topliss-reactive ketones (excluding diaryl/α,β-unsaturated/α-hetero) is 1. The predicted molar refractivity (Wildman–Crippen MR) is 71.0 cm³/mol. The summed E-state index contributed by atoms with van der Waals surface area (Å²) in [6.07, 6.45) is 8.08. The van der Waals surface area contributed by atoms with Crippen LogP contribution in [0.15, 0.2) is 43.9 Å². The monoisotopic (exact) mass is 248 g/mol. The fourth-order valence-corrected chi connectivity index (χ4v) is 4.02. The minimum absolute atomic E-state index is 0.317. The van der Waals surface area contributed by atoms with E-state index in [-0.39, 0.29) is 0 Å². The van der Waals surface area contributed by atoms with Crippen LogP contribution in [0.1, 0.15) is 25.7 Å². The van der Waals surface area contributed by atoms with Crippen LogP contribution in [-0.4, -0.2) is 5.78 Å². The van der Waals surface area contributed by atoms with Crippen LogP contribution in [0.5, 0.6) is 0 Å². The average molecular weight is 248 g/mol. The minimum atomic E-state index is 0.317. The highest BCUT2D eigenvalue weighted by atomic mass is 32.2. The summed E-state index contributed by atoms with van der Waals surface area (Å²) in [6, 6.07) is 0. The van der Waals surface area contributed by atoms with Gasteiger partial charge in [-0.3, -0.25) is 4.79 Å². The van der Waals surface area contributed by atoms with Crippen LogP contribution in [0.4, 0.5) is 0 Å². The molecule has 1 saturated carbocycles. The predicted octanol–water partition coefficient (Wildman–Crippen LogP) is 4.16. The number of ketones is 1. The summed E-state index contributed by atoms with van der Waals surface area (Å²) < 4.78 is 0. The van der Waals surface area contributed by atoms with Crippen molar-refractivity contribution in [1.29, 1.82) is 0 Å². The Hall–Kier alpha value is -0.670. The van der Waals surface area contributed by atoms with E-state index in [0.717, 1.165) is 36.8 Å². The molecule has 3 rings (SSSR count). The quantitative estimate of drug-likeness (QED) is 0.599. The Bertz CT molecular complexity index is 404. The maximum Gasteiger partial charge on any atom is 0.186 e. The Morgan fingerprint density at radius 2 is 1.38 bits per heavy atom. The third-order valence-electron chi connectivity index (χ3n) is 3.07. The molecule has 0 bridgehead atoms. The van der Waals surface area contributed by atoms with Gasteiger partial charge in [-0.05, 0) is 36.5 Å². The lowest BCUT2D eigenvalue weighted by atomic mass is 10.1. The Kier molecular flexibility index (Phi) is 2.82. The summed E-state index contributed by atoms with van der Waals surface area (Å²) in [6.45, 7) is 0. The smallest absolute Gasteiger partial charge is 0.186 e. The summed E-state index contributed by atoms with van der Waals surface area (Å²) in [5, 5.41) is 4.18. The fourth-order valence-electron chi connectivity index (χ4n) is 2.25. The van der Waals surface area contributed by atoms with Crippen molar-refractivity contribution < 1.29 is 4.79 Å². The van der Waals surface area contributed by atoms with Gasteiger partial charge in [0, 0.05) is 21.0 Å². The van der Waals surface area contributed by atoms with Gasteiger partial charge in [0.15, 0.2) is 5.78 Å². The van der Waals surface area contributed by atoms with Crippen LogP contribution < -0.4 is 0 Å². The standard InChI is InChI=1S/C13H12OS2/c14-13-9(11-3-1-7-15-11)5-6-10(13)12-4-2-8-16-12/h1-2,7-8H,3-6H2. The van der Waals surface area contributed by atoms with Crippen LogP contribution in [0.2, 0.25) is 0 Å². The molecular formula is C13H12OS2. The molecule has 0 N–H and O–H groups in total. The SMILES string of the molecule is O=C1C(=C2CC=CS2)CCC1=C1CC=CS1. The molecule has 0 radical (unpaired) electrons. The van der Waals surface area contributed by atoms with E-state index in [2.05, 4.69) is 23.0 Å². The van der Waals surface area contributed by atoms with Gasteiger partial charge in [-0.1, -0.05) is 12.2 Å². The molecule has 2 aliphatic heterocycles. The highest BCUT2D eigenvalue weighted by Gasteiger charge is 2.29. The van der Waals surface area contributed by atoms with Gasteiger partial charge in [-0.25, -0.2) is 0 Å². The van der Waals surface area contributed by atoms with Crippen molar-refractivity contribution in [2.24, 2.45) is 0 Å². The van der Waals surface area contributed by atoms with E-state index >= 15 is 0 Å². The molecule has 0 aromatic rings. The zero-order valence-corrected chi connectivity index (χ0v) is 10.5. The Balaban J connectivity index is 1.91. The molecule has 2 heterocycles. The summed E-state index contributed by atoms with van der Waals surface area (Å²) in [7, 11) is 0. The molecule has 1 nitrogen and oxygen atoms in total. The number of thioether (sulfide) groups is 2. The molecule has 3 aliphatic rings. The van der Waals surface area contributed by atoms with Gasteiger partial charge < -0.3 is 0 Å². The minimum Gasteiger partial charge on any atom is -0.289 e. The van der Waals surface area contributed by atoms with E-state index < -0.39 is 0 Å². The topological polar surface area (TPSA) is 17.1 Å². The van der Waals surface area contributed by atoms with E-state index in [1.165, 1.54) is 9.81 Å². The number of carbonyl (C=O) groups excluding carboxylic acids is 1. The van der Waals surface area contributed by atoms with Gasteiger partial charge in [-0.15, -0.1) is 23.5 Å². The Morgan fingerprint density at radius 1 is 0.875 bits per heavy atom. The Morgan fingerprint density at radius 3 is 1.75 bits per heavy atom. The van der Waals surface area contributed by atoms with E-state index in [1.54, 1.807) is 23.5 Å². The number of rotatable bonds is 0. The molecule has 0 unspecified atom stereocenters. The molecule has 0 saturated heterocycles. The van der Waals surface area contributed by atoms with Crippen molar-refractivity contribution in [3.05, 3.63) is 43.9 Å². The van der Waals surface area contributed by atoms with Gasteiger partial charge in [-0.2, -0.15) is 0 Å². The van der Waals surface area contributed by atoms with E-state index in [9.17, 15) is 4.79 Å². The molecule has 0 amide bonds. The van der Waals surface area contributed by atoms with Crippen LogP contribution in [0.3, 0.4) is 0 Å². The van der Waals surface area contributed by atoms with Crippen molar-refractivity contribution in [2.75, 3.05) is 0 Å². The highest BCUT2D eigenvalue weighted by Crippen LogP contribution is 2.42. The van der Waals surface area contributed by atoms with Gasteiger partial charge in [0.25, 0.3) is 0 Å². The van der Waals surface area contributed by atoms with E-state index in [1.807, 2.05) is 0 Å². The lowest BCUT2D eigenvalue weighted by molar-refractivity contribution is -0.111. The van der Waals surface area contributed by atoms with E-state index in [0.29, 0.717) is 5.78 Å². The summed E-state index contributed by atoms with van der Waals surface area (Å²) in [5.74, 6) is 0.317. The lowest BCUT2D eigenvalue weighted by Crippen LogP contribution is -1.99. The maximum absolute atomic E-state index is 12.3. The van der Waals surface area contributed by atoms with Gasteiger partial charge >= 0.3 is 0 Å². The molecule has 0 spiro atoms. The first kappa shape index (κ1) is 10.5. The van der Waals surface area contributed by atoms with Gasteiger partial charge in [0.1, 0.15) is 0 Å². The molecule has 82 valence electrons. The third-order valence-corrected chi connectivity index (χ3v) is 5.12. The summed E-state index contributed by atoms with van der Waals surface area (Å²) >= 11 is 3.44. The second-order valence-corrected chi connectivity index (χ2v) is 6.02. The number of carbonyl (C=O) groups is 1. The highest BCUT2D eigenvalue weighted by molar-refractivity contribution is 8.06.